The van der Waals surface area contributed by atoms with Crippen LogP contribution in [0.3, 0.4) is 0 Å². The minimum absolute atomic E-state index is 0.0242. The van der Waals surface area contributed by atoms with E-state index in [9.17, 15) is 9.59 Å². The molecule has 1 aliphatic rings. The Bertz CT molecular complexity index is 211. The van der Waals surface area contributed by atoms with Crippen LogP contribution < -0.4 is 5.73 Å². The van der Waals surface area contributed by atoms with Crippen molar-refractivity contribution in [3.8, 4) is 0 Å². The molecule has 0 aliphatic carbocycles. The summed E-state index contributed by atoms with van der Waals surface area (Å²) < 4.78 is 0. The first-order valence-corrected chi connectivity index (χ1v) is 3.76. The molecule has 1 rings (SSSR count). The van der Waals surface area contributed by atoms with E-state index in [0.717, 1.165) is 0 Å². The summed E-state index contributed by atoms with van der Waals surface area (Å²) in [5, 5.41) is 8.51. The number of hydrogen-bond acceptors (Lipinski definition) is 3. The number of aliphatic carboxylic acids is 1. The third-order valence-corrected chi connectivity index (χ3v) is 2.15. The molecule has 1 unspecified atom stereocenters. The van der Waals surface area contributed by atoms with Crippen molar-refractivity contribution in [3.05, 3.63) is 0 Å². The van der Waals surface area contributed by atoms with Crippen molar-refractivity contribution in [2.24, 2.45) is 11.7 Å². The number of nitrogens with zero attached hydrogens (tertiary/aromatic N) is 1. The van der Waals surface area contributed by atoms with Crippen LogP contribution in [0.2, 0.25) is 0 Å². The molecule has 1 heterocycles. The third-order valence-electron chi connectivity index (χ3n) is 2.15. The number of carbonyl (C=O) groups excluding carboxylic acids is 1. The van der Waals surface area contributed by atoms with Gasteiger partial charge < -0.3 is 15.7 Å². The average Bonchev–Trinajstić information content (AvgIpc) is 1.82. The zero-order valence-corrected chi connectivity index (χ0v) is 6.86. The van der Waals surface area contributed by atoms with E-state index in [1.807, 2.05) is 0 Å². The lowest BCUT2D eigenvalue weighted by molar-refractivity contribution is -0.146. The molecular weight excluding hydrogens is 160 g/mol. The van der Waals surface area contributed by atoms with Crippen LogP contribution in [0.15, 0.2) is 0 Å². The van der Waals surface area contributed by atoms with Crippen molar-refractivity contribution in [2.45, 2.75) is 13.0 Å². The van der Waals surface area contributed by atoms with Gasteiger partial charge in [-0.15, -0.1) is 0 Å². The van der Waals surface area contributed by atoms with Crippen LogP contribution >= 0.6 is 0 Å². The van der Waals surface area contributed by atoms with Crippen LogP contribution in [-0.2, 0) is 9.59 Å². The number of rotatable bonds is 2. The second kappa shape index (κ2) is 3.10. The van der Waals surface area contributed by atoms with Crippen molar-refractivity contribution >= 4 is 11.9 Å². The molecule has 0 radical (unpaired) electrons. The molecule has 0 saturated carbocycles. The van der Waals surface area contributed by atoms with Gasteiger partial charge in [0.2, 0.25) is 5.91 Å². The minimum Gasteiger partial charge on any atom is -0.480 e. The highest BCUT2D eigenvalue weighted by Gasteiger charge is 2.36. The molecule has 1 atom stereocenters. The summed E-state index contributed by atoms with van der Waals surface area (Å²) in [6.07, 6.45) is 0. The van der Waals surface area contributed by atoms with Crippen LogP contribution in [0.5, 0.6) is 0 Å². The summed E-state index contributed by atoms with van der Waals surface area (Å²) in [7, 11) is 0. The van der Waals surface area contributed by atoms with E-state index in [4.69, 9.17) is 10.8 Å². The van der Waals surface area contributed by atoms with Gasteiger partial charge in [0.15, 0.2) is 0 Å². The quantitative estimate of drug-likeness (QED) is 0.552. The number of likely N-dealkylation sites (tertiary alicyclic amines) is 1. The number of carbonyl (C=O) groups is 2. The van der Waals surface area contributed by atoms with E-state index in [-0.39, 0.29) is 11.8 Å². The zero-order chi connectivity index (χ0) is 9.30. The van der Waals surface area contributed by atoms with Gasteiger partial charge in [-0.2, -0.15) is 0 Å². The largest absolute Gasteiger partial charge is 0.480 e. The SMILES string of the molecule is CC(=O)N1CC(C(N)C(=O)O)C1. The second-order valence-electron chi connectivity index (χ2n) is 3.05. The predicted molar refractivity (Wildman–Crippen MR) is 41.4 cm³/mol. The van der Waals surface area contributed by atoms with E-state index < -0.39 is 12.0 Å². The molecule has 0 aromatic heterocycles. The molecule has 1 saturated heterocycles. The lowest BCUT2D eigenvalue weighted by atomic mass is 9.92. The van der Waals surface area contributed by atoms with Crippen molar-refractivity contribution in [2.75, 3.05) is 13.1 Å². The van der Waals surface area contributed by atoms with E-state index in [1.165, 1.54) is 6.92 Å². The monoisotopic (exact) mass is 172 g/mol. The highest BCUT2D eigenvalue weighted by molar-refractivity contribution is 5.76. The lowest BCUT2D eigenvalue weighted by Crippen LogP contribution is -2.58. The highest BCUT2D eigenvalue weighted by Crippen LogP contribution is 2.17. The van der Waals surface area contributed by atoms with Crippen LogP contribution in [0.25, 0.3) is 0 Å². The maximum absolute atomic E-state index is 10.7. The summed E-state index contributed by atoms with van der Waals surface area (Å²) in [4.78, 5) is 22.7. The van der Waals surface area contributed by atoms with E-state index in [2.05, 4.69) is 0 Å². The molecule has 0 bridgehead atoms. The molecule has 1 aliphatic heterocycles. The Labute approximate surface area is 70.1 Å². The Balaban J connectivity index is 2.34. The molecule has 5 heteroatoms. The third kappa shape index (κ3) is 1.55. The van der Waals surface area contributed by atoms with Crippen molar-refractivity contribution in [1.82, 2.24) is 4.90 Å². The molecule has 1 amide bonds. The van der Waals surface area contributed by atoms with Gasteiger partial charge in [0.25, 0.3) is 0 Å². The molecule has 0 spiro atoms. The molecule has 68 valence electrons. The van der Waals surface area contributed by atoms with Crippen molar-refractivity contribution < 1.29 is 14.7 Å². The Kier molecular flexibility index (Phi) is 2.32. The molecule has 12 heavy (non-hydrogen) atoms. The standard InChI is InChI=1S/C7H12N2O3/c1-4(10)9-2-5(3-9)6(8)7(11)12/h5-6H,2-3,8H2,1H3,(H,11,12). The summed E-state index contributed by atoms with van der Waals surface area (Å²) in [6, 6.07) is -0.833. The molecule has 0 aromatic rings. The van der Waals surface area contributed by atoms with Gasteiger partial charge in [-0.25, -0.2) is 0 Å². The first-order valence-electron chi connectivity index (χ1n) is 3.76. The zero-order valence-electron chi connectivity index (χ0n) is 6.86. The Morgan fingerprint density at radius 2 is 2.08 bits per heavy atom. The van der Waals surface area contributed by atoms with E-state index in [0.29, 0.717) is 13.1 Å². The molecule has 1 fully saturated rings. The summed E-state index contributed by atoms with van der Waals surface area (Å²) in [5.74, 6) is -1.10. The van der Waals surface area contributed by atoms with Crippen LogP contribution in [0, 0.1) is 5.92 Å². The van der Waals surface area contributed by atoms with Gasteiger partial charge in [0, 0.05) is 25.9 Å². The molecular formula is C7H12N2O3. The predicted octanol–water partition coefficient (Wildman–Crippen LogP) is -1.12. The van der Waals surface area contributed by atoms with Gasteiger partial charge in [0.1, 0.15) is 6.04 Å². The molecule has 3 N–H and O–H groups in total. The lowest BCUT2D eigenvalue weighted by Gasteiger charge is -2.40. The van der Waals surface area contributed by atoms with Gasteiger partial charge >= 0.3 is 5.97 Å². The molecule has 5 nitrogen and oxygen atoms in total. The van der Waals surface area contributed by atoms with Gasteiger partial charge in [-0.3, -0.25) is 9.59 Å². The number of amides is 1. The summed E-state index contributed by atoms with van der Waals surface area (Å²) in [6.45, 7) is 2.41. The Morgan fingerprint density at radius 3 is 2.42 bits per heavy atom. The summed E-state index contributed by atoms with van der Waals surface area (Å²) in [5.41, 5.74) is 5.35. The fourth-order valence-corrected chi connectivity index (χ4v) is 1.20. The number of hydrogen-bond donors (Lipinski definition) is 2. The van der Waals surface area contributed by atoms with Gasteiger partial charge in [-0.05, 0) is 0 Å². The van der Waals surface area contributed by atoms with Crippen LogP contribution in [0.1, 0.15) is 6.92 Å². The normalized spacial score (nSPS) is 20.0. The van der Waals surface area contributed by atoms with Crippen LogP contribution in [0.4, 0.5) is 0 Å². The maximum atomic E-state index is 10.7. The van der Waals surface area contributed by atoms with E-state index in [1.54, 1.807) is 4.90 Å². The summed E-state index contributed by atoms with van der Waals surface area (Å²) >= 11 is 0. The maximum Gasteiger partial charge on any atom is 0.320 e. The first-order chi connectivity index (χ1) is 5.52. The Hall–Kier alpha value is -1.10. The fourth-order valence-electron chi connectivity index (χ4n) is 1.20. The second-order valence-corrected chi connectivity index (χ2v) is 3.05. The molecule has 0 aromatic carbocycles. The van der Waals surface area contributed by atoms with Crippen LogP contribution in [-0.4, -0.2) is 41.0 Å². The number of nitrogens with two attached hydrogens (primary N) is 1. The number of carboxylic acids is 1. The highest BCUT2D eigenvalue weighted by atomic mass is 16.4. The Morgan fingerprint density at radius 1 is 1.58 bits per heavy atom. The average molecular weight is 172 g/mol. The smallest absolute Gasteiger partial charge is 0.320 e. The van der Waals surface area contributed by atoms with Gasteiger partial charge in [-0.1, -0.05) is 0 Å². The first kappa shape index (κ1) is 8.99. The number of carboxylic acid groups (broad SMARTS) is 1. The van der Waals surface area contributed by atoms with Gasteiger partial charge in [0.05, 0.1) is 0 Å². The minimum atomic E-state index is -0.997. The topological polar surface area (TPSA) is 83.6 Å². The fraction of sp³-hybridized carbons (Fsp3) is 0.714. The van der Waals surface area contributed by atoms with Crippen molar-refractivity contribution in [3.63, 3.8) is 0 Å². The van der Waals surface area contributed by atoms with Crippen molar-refractivity contribution in [1.29, 1.82) is 0 Å². The van der Waals surface area contributed by atoms with E-state index >= 15 is 0 Å².